The lowest BCUT2D eigenvalue weighted by Gasteiger charge is -2.40. The third kappa shape index (κ3) is 37.4. The molecule has 0 aliphatic carbocycles. The second-order valence-corrected chi connectivity index (χ2v) is 19.4. The number of nitrogens with one attached hydrogen (secondary N) is 1. The average Bonchev–Trinajstić information content (AvgIpc) is 3.33. The molecule has 0 spiro atoms. The molecule has 1 aliphatic heterocycles. The first-order chi connectivity index (χ1) is 32.8. The van der Waals surface area contributed by atoms with E-state index in [2.05, 4.69) is 67.8 Å². The second kappa shape index (κ2) is 47.6. The Hall–Kier alpha value is -2.11. The number of unbranched alkanes of at least 4 members (excludes halogenated alkanes) is 29. The van der Waals surface area contributed by atoms with Crippen LogP contribution in [0.15, 0.2) is 60.8 Å². The van der Waals surface area contributed by atoms with Gasteiger partial charge in [0.2, 0.25) is 5.91 Å². The minimum absolute atomic E-state index is 0.179. The van der Waals surface area contributed by atoms with Gasteiger partial charge in [-0.15, -0.1) is 0 Å². The molecule has 1 rings (SSSR count). The zero-order chi connectivity index (χ0) is 48.7. The highest BCUT2D eigenvalue weighted by molar-refractivity contribution is 5.76. The number of aliphatic hydroxyl groups excluding tert-OH is 5. The first-order valence-corrected chi connectivity index (χ1v) is 28.0. The summed E-state index contributed by atoms with van der Waals surface area (Å²) in [6.45, 7) is 3.60. The molecule has 0 aromatic heterocycles. The number of hydrogen-bond donors (Lipinski definition) is 6. The van der Waals surface area contributed by atoms with Crippen molar-refractivity contribution in [3.05, 3.63) is 60.8 Å². The lowest BCUT2D eigenvalue weighted by molar-refractivity contribution is -0.302. The van der Waals surface area contributed by atoms with Crippen LogP contribution in [-0.4, -0.2) is 87.5 Å². The van der Waals surface area contributed by atoms with Crippen LogP contribution >= 0.6 is 0 Å². The number of ether oxygens (including phenoxy) is 2. The van der Waals surface area contributed by atoms with Gasteiger partial charge in [-0.3, -0.25) is 4.79 Å². The first-order valence-electron chi connectivity index (χ1n) is 28.0. The molecule has 1 amide bonds. The molecule has 1 fully saturated rings. The van der Waals surface area contributed by atoms with Gasteiger partial charge in [0.1, 0.15) is 24.4 Å². The number of rotatable bonds is 47. The Labute approximate surface area is 411 Å². The van der Waals surface area contributed by atoms with Crippen LogP contribution in [0.3, 0.4) is 0 Å². The molecule has 0 aromatic rings. The monoisotopic (exact) mass is 944 g/mol. The molecule has 7 atom stereocenters. The molecule has 390 valence electrons. The van der Waals surface area contributed by atoms with E-state index < -0.39 is 49.5 Å². The van der Waals surface area contributed by atoms with Crippen molar-refractivity contribution in [1.82, 2.24) is 5.32 Å². The summed E-state index contributed by atoms with van der Waals surface area (Å²) in [7, 11) is 0. The van der Waals surface area contributed by atoms with Crippen molar-refractivity contribution < 1.29 is 39.8 Å². The topological polar surface area (TPSA) is 149 Å². The van der Waals surface area contributed by atoms with Crippen LogP contribution in [0.5, 0.6) is 0 Å². The van der Waals surface area contributed by atoms with Gasteiger partial charge in [-0.25, -0.2) is 0 Å². The fourth-order valence-electron chi connectivity index (χ4n) is 8.68. The van der Waals surface area contributed by atoms with E-state index in [0.717, 1.165) is 64.2 Å². The summed E-state index contributed by atoms with van der Waals surface area (Å²) < 4.78 is 11.2. The Morgan fingerprint density at radius 2 is 0.925 bits per heavy atom. The van der Waals surface area contributed by atoms with E-state index in [1.807, 2.05) is 6.08 Å². The minimum atomic E-state index is -1.56. The van der Waals surface area contributed by atoms with Crippen molar-refractivity contribution in [1.29, 1.82) is 0 Å². The van der Waals surface area contributed by atoms with Crippen LogP contribution in [-0.2, 0) is 14.3 Å². The summed E-state index contributed by atoms with van der Waals surface area (Å²) in [6.07, 6.45) is 57.7. The average molecular weight is 944 g/mol. The summed E-state index contributed by atoms with van der Waals surface area (Å²) in [4.78, 5) is 12.9. The quantitative estimate of drug-likeness (QED) is 0.0261. The van der Waals surface area contributed by atoms with Crippen LogP contribution < -0.4 is 5.32 Å². The molecule has 9 nitrogen and oxygen atoms in total. The van der Waals surface area contributed by atoms with Crippen molar-refractivity contribution in [2.45, 2.75) is 288 Å². The van der Waals surface area contributed by atoms with Crippen molar-refractivity contribution in [2.24, 2.45) is 0 Å². The second-order valence-electron chi connectivity index (χ2n) is 19.4. The van der Waals surface area contributed by atoms with Crippen LogP contribution in [0, 0.1) is 0 Å². The number of amides is 1. The van der Waals surface area contributed by atoms with Crippen molar-refractivity contribution >= 4 is 5.91 Å². The van der Waals surface area contributed by atoms with E-state index in [9.17, 15) is 30.3 Å². The summed E-state index contributed by atoms with van der Waals surface area (Å²) in [6, 6.07) is -0.801. The predicted octanol–water partition coefficient (Wildman–Crippen LogP) is 13.5. The van der Waals surface area contributed by atoms with E-state index in [-0.39, 0.29) is 12.5 Å². The van der Waals surface area contributed by atoms with Gasteiger partial charge in [-0.2, -0.15) is 0 Å². The van der Waals surface area contributed by atoms with E-state index in [4.69, 9.17) is 9.47 Å². The molecule has 7 unspecified atom stereocenters. The van der Waals surface area contributed by atoms with Gasteiger partial charge in [-0.05, 0) is 57.8 Å². The first kappa shape index (κ1) is 62.9. The number of hydrogen-bond acceptors (Lipinski definition) is 8. The van der Waals surface area contributed by atoms with E-state index in [0.29, 0.717) is 6.42 Å². The fourth-order valence-corrected chi connectivity index (χ4v) is 8.68. The van der Waals surface area contributed by atoms with Crippen molar-refractivity contribution in [3.63, 3.8) is 0 Å². The zero-order valence-corrected chi connectivity index (χ0v) is 43.1. The summed E-state index contributed by atoms with van der Waals surface area (Å²) in [5, 5.41) is 54.0. The van der Waals surface area contributed by atoms with E-state index in [1.54, 1.807) is 6.08 Å². The molecule has 0 aromatic carbocycles. The molecule has 0 saturated carbocycles. The van der Waals surface area contributed by atoms with Gasteiger partial charge >= 0.3 is 0 Å². The van der Waals surface area contributed by atoms with E-state index >= 15 is 0 Å². The fraction of sp³-hybridized carbons (Fsp3) is 0.810. The normalized spacial score (nSPS) is 20.1. The molecular formula is C58H105NO8. The molecule has 6 N–H and O–H groups in total. The summed E-state index contributed by atoms with van der Waals surface area (Å²) in [5.41, 5.74) is 0. The largest absolute Gasteiger partial charge is 0.394 e. The Bertz CT molecular complexity index is 1230. The zero-order valence-electron chi connectivity index (χ0n) is 43.1. The molecule has 1 aliphatic rings. The standard InChI is InChI=1S/C58H105NO8/c1-3-5-7-9-11-12-13-14-15-16-17-18-19-20-21-22-23-24-25-26-27-28-29-30-31-32-33-34-35-36-37-38-39-40-42-44-46-48-54(62)59-51(52(61)47-45-43-41-10-8-6-4-2)50-66-58-57(65)56(64)55(63)53(49-60)67-58/h5,7,11-12,14-15,17-18,45,47,51-53,55-58,60-61,63-65H,3-4,6,8-10,13,16,19-44,46,48-50H2,1-2H3,(H,59,62)/b7-5-,12-11-,15-14-,18-17-,47-45+. The SMILES string of the molecule is CC/C=C\C/C=C\C/C=C\C/C=C\CCCCCCCCCCCCCCCCCCCCCCCCCCC(=O)NC(COC1OC(CO)C(O)C(O)C1O)C(O)/C=C/CCCCCCC. The number of aliphatic hydroxyl groups is 5. The number of carbonyl (C=O) groups is 1. The van der Waals surface area contributed by atoms with Gasteiger partial charge in [0.15, 0.2) is 6.29 Å². The van der Waals surface area contributed by atoms with Crippen LogP contribution in [0.4, 0.5) is 0 Å². The molecule has 0 bridgehead atoms. The van der Waals surface area contributed by atoms with E-state index in [1.165, 1.54) is 161 Å². The van der Waals surface area contributed by atoms with Crippen molar-refractivity contribution in [2.75, 3.05) is 13.2 Å². The lowest BCUT2D eigenvalue weighted by Crippen LogP contribution is -2.60. The maximum atomic E-state index is 12.9. The van der Waals surface area contributed by atoms with Crippen LogP contribution in [0.1, 0.15) is 245 Å². The summed E-state index contributed by atoms with van der Waals surface area (Å²) >= 11 is 0. The van der Waals surface area contributed by atoms with Gasteiger partial charge in [0, 0.05) is 6.42 Å². The Morgan fingerprint density at radius 1 is 0.522 bits per heavy atom. The Balaban J connectivity index is 1.99. The third-order valence-corrected chi connectivity index (χ3v) is 13.1. The Kier molecular flexibility index (Phi) is 44.7. The lowest BCUT2D eigenvalue weighted by atomic mass is 9.99. The maximum absolute atomic E-state index is 12.9. The van der Waals surface area contributed by atoms with Gasteiger partial charge in [0.05, 0.1) is 25.4 Å². The third-order valence-electron chi connectivity index (χ3n) is 13.1. The molecule has 1 saturated heterocycles. The van der Waals surface area contributed by atoms with Gasteiger partial charge in [0.25, 0.3) is 0 Å². The number of allylic oxidation sites excluding steroid dienone is 9. The van der Waals surface area contributed by atoms with Crippen LogP contribution in [0.25, 0.3) is 0 Å². The molecule has 9 heteroatoms. The smallest absolute Gasteiger partial charge is 0.220 e. The molecular weight excluding hydrogens is 839 g/mol. The predicted molar refractivity (Wildman–Crippen MR) is 281 cm³/mol. The highest BCUT2D eigenvalue weighted by Crippen LogP contribution is 2.23. The Morgan fingerprint density at radius 3 is 1.37 bits per heavy atom. The molecule has 67 heavy (non-hydrogen) atoms. The molecule has 1 heterocycles. The maximum Gasteiger partial charge on any atom is 0.220 e. The number of carbonyl (C=O) groups excluding carboxylic acids is 1. The van der Waals surface area contributed by atoms with Gasteiger partial charge in [-0.1, -0.05) is 242 Å². The molecule has 0 radical (unpaired) electrons. The van der Waals surface area contributed by atoms with Crippen LogP contribution in [0.2, 0.25) is 0 Å². The highest BCUT2D eigenvalue weighted by atomic mass is 16.7. The highest BCUT2D eigenvalue weighted by Gasteiger charge is 2.44. The van der Waals surface area contributed by atoms with Gasteiger partial charge < -0.3 is 40.3 Å². The minimum Gasteiger partial charge on any atom is -0.394 e. The van der Waals surface area contributed by atoms with Crippen molar-refractivity contribution in [3.8, 4) is 0 Å². The summed E-state index contributed by atoms with van der Waals surface area (Å²) in [5.74, 6) is -0.179.